The van der Waals surface area contributed by atoms with Crippen molar-refractivity contribution in [3.05, 3.63) is 20.8 Å². The Morgan fingerprint density at radius 1 is 1.59 bits per heavy atom. The molecular formula is C12H21BrN2OS. The van der Waals surface area contributed by atoms with Gasteiger partial charge < -0.3 is 10.8 Å². The molecule has 0 radical (unpaired) electrons. The van der Waals surface area contributed by atoms with Crippen LogP contribution in [0.4, 0.5) is 0 Å². The van der Waals surface area contributed by atoms with E-state index in [2.05, 4.69) is 39.2 Å². The minimum absolute atomic E-state index is 0.183. The number of halogens is 1. The maximum Gasteiger partial charge on any atom is 0.0718 e. The molecule has 1 heterocycles. The molecule has 1 unspecified atom stereocenters. The van der Waals surface area contributed by atoms with Gasteiger partial charge in [-0.3, -0.25) is 4.90 Å². The smallest absolute Gasteiger partial charge is 0.0718 e. The van der Waals surface area contributed by atoms with Gasteiger partial charge in [0.15, 0.2) is 0 Å². The molecule has 0 fully saturated rings. The number of likely N-dealkylation sites (N-methyl/N-ethyl adjacent to an activating group) is 1. The molecule has 3 nitrogen and oxygen atoms in total. The van der Waals surface area contributed by atoms with Crippen molar-refractivity contribution in [2.45, 2.75) is 32.4 Å². The van der Waals surface area contributed by atoms with Gasteiger partial charge >= 0.3 is 0 Å². The van der Waals surface area contributed by atoms with Crippen LogP contribution in [0.1, 0.15) is 31.7 Å². The fourth-order valence-corrected chi connectivity index (χ4v) is 3.48. The molecule has 0 aliphatic heterocycles. The van der Waals surface area contributed by atoms with Gasteiger partial charge in [-0.05, 0) is 42.4 Å². The van der Waals surface area contributed by atoms with E-state index in [1.54, 1.807) is 11.3 Å². The van der Waals surface area contributed by atoms with Crippen LogP contribution in [0.5, 0.6) is 0 Å². The quantitative estimate of drug-likeness (QED) is 0.847. The molecule has 0 aliphatic rings. The van der Waals surface area contributed by atoms with Gasteiger partial charge in [0.25, 0.3) is 0 Å². The second-order valence-electron chi connectivity index (χ2n) is 4.79. The zero-order chi connectivity index (χ0) is 13.1. The number of aliphatic hydroxyl groups is 1. The van der Waals surface area contributed by atoms with E-state index in [4.69, 9.17) is 5.73 Å². The summed E-state index contributed by atoms with van der Waals surface area (Å²) in [4.78, 5) is 3.46. The molecule has 0 aromatic carbocycles. The highest BCUT2D eigenvalue weighted by Crippen LogP contribution is 2.29. The van der Waals surface area contributed by atoms with Gasteiger partial charge in [-0.15, -0.1) is 11.3 Å². The summed E-state index contributed by atoms with van der Waals surface area (Å²) in [7, 11) is 0. The van der Waals surface area contributed by atoms with E-state index >= 15 is 0 Å². The molecule has 0 saturated heterocycles. The van der Waals surface area contributed by atoms with Crippen molar-refractivity contribution in [2.75, 3.05) is 19.6 Å². The SMILES string of the molecule is CCN(CC(C)(C)O)C(CN)c1cc(Br)cs1. The molecule has 1 atom stereocenters. The van der Waals surface area contributed by atoms with Gasteiger partial charge in [-0.1, -0.05) is 6.92 Å². The lowest BCUT2D eigenvalue weighted by atomic mass is 10.1. The molecule has 5 heteroatoms. The van der Waals surface area contributed by atoms with E-state index in [0.29, 0.717) is 13.1 Å². The lowest BCUT2D eigenvalue weighted by Crippen LogP contribution is -2.42. The first-order valence-corrected chi connectivity index (χ1v) is 7.45. The molecular weight excluding hydrogens is 300 g/mol. The third kappa shape index (κ3) is 4.67. The predicted octanol–water partition coefficient (Wildman–Crippen LogP) is 2.60. The normalized spacial score (nSPS) is 14.3. The molecule has 0 spiro atoms. The van der Waals surface area contributed by atoms with Crippen LogP contribution in [0, 0.1) is 0 Å². The lowest BCUT2D eigenvalue weighted by molar-refractivity contribution is 0.0240. The van der Waals surface area contributed by atoms with Crippen molar-refractivity contribution in [3.63, 3.8) is 0 Å². The van der Waals surface area contributed by atoms with E-state index in [1.165, 1.54) is 4.88 Å². The highest BCUT2D eigenvalue weighted by Gasteiger charge is 2.24. The first-order chi connectivity index (χ1) is 7.87. The molecule has 1 aromatic rings. The molecule has 3 N–H and O–H groups in total. The Labute approximate surface area is 116 Å². The van der Waals surface area contributed by atoms with E-state index in [1.807, 2.05) is 13.8 Å². The summed E-state index contributed by atoms with van der Waals surface area (Å²) in [5.74, 6) is 0. The monoisotopic (exact) mass is 320 g/mol. The summed E-state index contributed by atoms with van der Waals surface area (Å²) in [6, 6.07) is 2.29. The van der Waals surface area contributed by atoms with Crippen molar-refractivity contribution < 1.29 is 5.11 Å². The van der Waals surface area contributed by atoms with Crippen molar-refractivity contribution in [3.8, 4) is 0 Å². The topological polar surface area (TPSA) is 49.5 Å². The number of rotatable bonds is 6. The number of hydrogen-bond acceptors (Lipinski definition) is 4. The average molecular weight is 321 g/mol. The van der Waals surface area contributed by atoms with Gasteiger partial charge in [0.2, 0.25) is 0 Å². The van der Waals surface area contributed by atoms with E-state index in [9.17, 15) is 5.11 Å². The van der Waals surface area contributed by atoms with Crippen LogP contribution in [-0.2, 0) is 0 Å². The van der Waals surface area contributed by atoms with Crippen LogP contribution < -0.4 is 5.73 Å². The van der Waals surface area contributed by atoms with Gasteiger partial charge in [0, 0.05) is 27.8 Å². The first-order valence-electron chi connectivity index (χ1n) is 5.77. The van der Waals surface area contributed by atoms with E-state index < -0.39 is 5.60 Å². The Morgan fingerprint density at radius 2 is 2.24 bits per heavy atom. The second kappa shape index (κ2) is 6.29. The van der Waals surface area contributed by atoms with Crippen molar-refractivity contribution in [1.29, 1.82) is 0 Å². The van der Waals surface area contributed by atoms with Crippen LogP contribution >= 0.6 is 27.3 Å². The van der Waals surface area contributed by atoms with E-state index in [-0.39, 0.29) is 6.04 Å². The van der Waals surface area contributed by atoms with E-state index in [0.717, 1.165) is 11.0 Å². The Morgan fingerprint density at radius 3 is 2.59 bits per heavy atom. The minimum atomic E-state index is -0.697. The molecule has 1 aromatic heterocycles. The second-order valence-corrected chi connectivity index (χ2v) is 6.65. The molecule has 0 amide bonds. The average Bonchev–Trinajstić information content (AvgIpc) is 2.62. The predicted molar refractivity (Wildman–Crippen MR) is 77.4 cm³/mol. The Bertz CT molecular complexity index is 349. The van der Waals surface area contributed by atoms with Crippen LogP contribution in [0.2, 0.25) is 0 Å². The summed E-state index contributed by atoms with van der Waals surface area (Å²) in [5, 5.41) is 12.0. The zero-order valence-corrected chi connectivity index (χ0v) is 13.0. The number of thiophene rings is 1. The standard InChI is InChI=1S/C12H21BrN2OS/c1-4-15(8-12(2,3)16)10(6-14)11-5-9(13)7-17-11/h5,7,10,16H,4,6,8,14H2,1-3H3. The minimum Gasteiger partial charge on any atom is -0.389 e. The third-order valence-electron chi connectivity index (χ3n) is 2.58. The highest BCUT2D eigenvalue weighted by atomic mass is 79.9. The molecule has 1 rings (SSSR count). The third-order valence-corrected chi connectivity index (χ3v) is 4.37. The molecule has 0 aliphatic carbocycles. The Kier molecular flexibility index (Phi) is 5.60. The van der Waals surface area contributed by atoms with Crippen LogP contribution in [0.15, 0.2) is 15.9 Å². The van der Waals surface area contributed by atoms with Crippen LogP contribution in [-0.4, -0.2) is 35.2 Å². The van der Waals surface area contributed by atoms with Gasteiger partial charge in [0.1, 0.15) is 0 Å². The van der Waals surface area contributed by atoms with Crippen LogP contribution in [0.25, 0.3) is 0 Å². The maximum atomic E-state index is 9.93. The maximum absolute atomic E-state index is 9.93. The summed E-state index contributed by atoms with van der Waals surface area (Å²) >= 11 is 5.17. The van der Waals surface area contributed by atoms with Crippen LogP contribution in [0.3, 0.4) is 0 Å². The fraction of sp³-hybridized carbons (Fsp3) is 0.667. The first kappa shape index (κ1) is 15.1. The highest BCUT2D eigenvalue weighted by molar-refractivity contribution is 9.10. The van der Waals surface area contributed by atoms with Gasteiger partial charge in [0.05, 0.1) is 11.6 Å². The van der Waals surface area contributed by atoms with Gasteiger partial charge in [-0.25, -0.2) is 0 Å². The summed E-state index contributed by atoms with van der Waals surface area (Å²) in [6.07, 6.45) is 0. The summed E-state index contributed by atoms with van der Waals surface area (Å²) in [6.45, 7) is 7.82. The van der Waals surface area contributed by atoms with Crippen molar-refractivity contribution >= 4 is 27.3 Å². The Hall–Kier alpha value is 0.0600. The van der Waals surface area contributed by atoms with Gasteiger partial charge in [-0.2, -0.15) is 0 Å². The zero-order valence-electron chi connectivity index (χ0n) is 10.6. The van der Waals surface area contributed by atoms with Crippen molar-refractivity contribution in [2.24, 2.45) is 5.73 Å². The molecule has 98 valence electrons. The summed E-state index contributed by atoms with van der Waals surface area (Å²) < 4.78 is 1.09. The number of hydrogen-bond donors (Lipinski definition) is 2. The largest absolute Gasteiger partial charge is 0.389 e. The summed E-state index contributed by atoms with van der Waals surface area (Å²) in [5.41, 5.74) is 5.18. The number of nitrogens with two attached hydrogens (primary N) is 1. The number of nitrogens with zero attached hydrogens (tertiary/aromatic N) is 1. The molecule has 0 bridgehead atoms. The Balaban J connectivity index is 2.83. The molecule has 17 heavy (non-hydrogen) atoms. The molecule has 0 saturated carbocycles. The fourth-order valence-electron chi connectivity index (χ4n) is 1.89. The lowest BCUT2D eigenvalue weighted by Gasteiger charge is -2.33. The van der Waals surface area contributed by atoms with Crippen molar-refractivity contribution in [1.82, 2.24) is 4.90 Å².